The lowest BCUT2D eigenvalue weighted by atomic mass is 10.1. The van der Waals surface area contributed by atoms with Gasteiger partial charge in [-0.15, -0.1) is 22.7 Å². The largest absolute Gasteiger partial charge is 0.497 e. The molecule has 2 amide bonds. The van der Waals surface area contributed by atoms with Gasteiger partial charge in [0.25, 0.3) is 0 Å². The molecule has 12 nitrogen and oxygen atoms in total. The number of rotatable bonds is 11. The van der Waals surface area contributed by atoms with Crippen LogP contribution in [0.3, 0.4) is 0 Å². The summed E-state index contributed by atoms with van der Waals surface area (Å²) < 4.78 is 89.3. The lowest BCUT2D eigenvalue weighted by Crippen LogP contribution is -2.33. The van der Waals surface area contributed by atoms with Gasteiger partial charge in [-0.1, -0.05) is 30.3 Å². The number of methoxy groups -OCH3 is 2. The van der Waals surface area contributed by atoms with Gasteiger partial charge < -0.3 is 28.7 Å². The van der Waals surface area contributed by atoms with Crippen LogP contribution in [0.4, 0.5) is 14.0 Å². The Bertz CT molecular complexity index is 2540. The maximum Gasteiger partial charge on any atom is 0.410 e. The Hall–Kier alpha value is -4.49. The summed E-state index contributed by atoms with van der Waals surface area (Å²) in [5.74, 6) is 0.322. The van der Waals surface area contributed by atoms with Crippen molar-refractivity contribution in [1.82, 2.24) is 9.80 Å². The Morgan fingerprint density at radius 3 is 1.52 bits per heavy atom. The van der Waals surface area contributed by atoms with Crippen molar-refractivity contribution >= 4 is 70.5 Å². The monoisotopic (exact) mass is 966 g/mol. The molecule has 324 valence electrons. The van der Waals surface area contributed by atoms with Crippen LogP contribution < -0.4 is 9.47 Å². The molecular weight excluding hydrogens is 920 g/mol. The van der Waals surface area contributed by atoms with Crippen LogP contribution in [-0.4, -0.2) is 78.3 Å². The highest BCUT2D eigenvalue weighted by Gasteiger charge is 2.29. The molecule has 60 heavy (non-hydrogen) atoms. The Labute approximate surface area is 367 Å². The molecule has 0 fully saturated rings. The van der Waals surface area contributed by atoms with Crippen LogP contribution >= 0.6 is 38.6 Å². The van der Waals surface area contributed by atoms with E-state index in [1.54, 1.807) is 104 Å². The molecule has 0 aliphatic carbocycles. The van der Waals surface area contributed by atoms with E-state index in [0.717, 1.165) is 27.6 Å². The van der Waals surface area contributed by atoms with Gasteiger partial charge in [0.05, 0.1) is 37.1 Å². The normalized spacial score (nSPS) is 11.9. The van der Waals surface area contributed by atoms with Crippen molar-refractivity contribution in [1.29, 1.82) is 0 Å². The second kappa shape index (κ2) is 19.5. The van der Waals surface area contributed by atoms with Crippen LogP contribution in [0.15, 0.2) is 108 Å². The Morgan fingerprint density at radius 2 is 1.07 bits per heavy atom. The molecule has 18 heteroatoms. The predicted octanol–water partition coefficient (Wildman–Crippen LogP) is 10.5. The second-order valence-electron chi connectivity index (χ2n) is 15.3. The Morgan fingerprint density at radius 1 is 0.633 bits per heavy atom. The summed E-state index contributed by atoms with van der Waals surface area (Å²) in [6.07, 6.45) is -1.01. The average molecular weight is 968 g/mol. The molecule has 2 heterocycles. The summed E-state index contributed by atoms with van der Waals surface area (Å²) in [5.41, 5.74) is -0.850. The number of ether oxygens (including phenoxy) is 4. The highest BCUT2D eigenvalue weighted by Crippen LogP contribution is 2.41. The molecule has 0 spiro atoms. The quantitative estimate of drug-likeness (QED) is 0.125. The highest BCUT2D eigenvalue weighted by molar-refractivity contribution is 9.10. The standard InChI is InChI=1S/C24H26FNO5S2.C18H22BrNO5S2/c1-24(2,3)31-23(27)26(4)15-17-14-20(19-11-6-7-12-21(19)25)22(32-17)33(28,29)18-10-8-9-16(13-18)30-5;1-18(2,3)25-17(21)20(4)11-13-10-15(19)16(26-13)27(22,23)14-8-6-7-12(9-14)24-5/h6-14H,15H2,1-5H3;6-10H,11H2,1-5H3. The molecule has 2 aromatic heterocycles. The van der Waals surface area contributed by atoms with Crippen molar-refractivity contribution in [3.05, 3.63) is 105 Å². The number of hydrogen-bond acceptors (Lipinski definition) is 12. The van der Waals surface area contributed by atoms with Gasteiger partial charge in [-0.05, 0) is 112 Å². The first-order valence-electron chi connectivity index (χ1n) is 18.2. The first-order valence-corrected chi connectivity index (χ1v) is 23.6. The van der Waals surface area contributed by atoms with Crippen LogP contribution in [0.5, 0.6) is 11.5 Å². The van der Waals surface area contributed by atoms with Crippen molar-refractivity contribution in [3.8, 4) is 22.6 Å². The van der Waals surface area contributed by atoms with Gasteiger partial charge in [0.15, 0.2) is 0 Å². The molecule has 0 N–H and O–H groups in total. The first kappa shape index (κ1) is 48.2. The van der Waals surface area contributed by atoms with Crippen LogP contribution in [0.2, 0.25) is 0 Å². The number of halogens is 2. The molecule has 0 radical (unpaired) electrons. The van der Waals surface area contributed by atoms with Crippen LogP contribution in [0, 0.1) is 5.82 Å². The third kappa shape index (κ3) is 12.5. The zero-order valence-electron chi connectivity index (χ0n) is 34.9. The number of carbonyl (C=O) groups excluding carboxylic acids is 2. The number of nitrogens with zero attached hydrogens (tertiary/aromatic N) is 2. The van der Waals surface area contributed by atoms with Crippen molar-refractivity contribution in [2.45, 2.75) is 84.0 Å². The Balaban J connectivity index is 0.000000270. The SMILES string of the molecule is COc1cccc(S(=O)(=O)c2sc(CN(C)C(=O)OC(C)(C)C)cc2-c2ccccc2F)c1.COc1cccc(S(=O)(=O)c2sc(CN(C)C(=O)OC(C)(C)C)cc2Br)c1. The molecule has 5 aromatic rings. The van der Waals surface area contributed by atoms with Crippen LogP contribution in [0.1, 0.15) is 51.3 Å². The fourth-order valence-corrected chi connectivity index (χ4v) is 12.7. The van der Waals surface area contributed by atoms with Gasteiger partial charge in [-0.3, -0.25) is 0 Å². The lowest BCUT2D eigenvalue weighted by molar-refractivity contribution is 0.0277. The fourth-order valence-electron chi connectivity index (χ4n) is 5.25. The number of carbonyl (C=O) groups is 2. The molecule has 0 aliphatic heterocycles. The minimum absolute atomic E-state index is 0.00607. The molecule has 0 saturated heterocycles. The number of thiophene rings is 2. The highest BCUT2D eigenvalue weighted by atomic mass is 79.9. The first-order chi connectivity index (χ1) is 27.9. The maximum atomic E-state index is 14.7. The maximum absolute atomic E-state index is 14.7. The van der Waals surface area contributed by atoms with Gasteiger partial charge in [-0.2, -0.15) is 0 Å². The predicted molar refractivity (Wildman–Crippen MR) is 234 cm³/mol. The minimum atomic E-state index is -3.99. The number of sulfone groups is 2. The van der Waals surface area contributed by atoms with E-state index in [1.807, 2.05) is 0 Å². The summed E-state index contributed by atoms with van der Waals surface area (Å²) in [7, 11) is -1.60. The van der Waals surface area contributed by atoms with E-state index in [2.05, 4.69) is 15.9 Å². The molecule has 3 aromatic carbocycles. The summed E-state index contributed by atoms with van der Waals surface area (Å²) in [5, 5.41) is 0. The van der Waals surface area contributed by atoms with Crippen molar-refractivity contribution < 1.29 is 49.8 Å². The van der Waals surface area contributed by atoms with E-state index in [4.69, 9.17) is 18.9 Å². The van der Waals surface area contributed by atoms with Crippen LogP contribution in [-0.2, 0) is 42.2 Å². The van der Waals surface area contributed by atoms with Gasteiger partial charge in [0, 0.05) is 39.4 Å². The third-order valence-electron chi connectivity index (χ3n) is 8.01. The van der Waals surface area contributed by atoms with Crippen molar-refractivity contribution in [3.63, 3.8) is 0 Å². The Kier molecular flexibility index (Phi) is 15.6. The molecule has 5 rings (SSSR count). The average Bonchev–Trinajstić information content (AvgIpc) is 3.77. The van der Waals surface area contributed by atoms with E-state index in [1.165, 1.54) is 60.4 Å². The summed E-state index contributed by atoms with van der Waals surface area (Å²) in [4.78, 5) is 28.7. The van der Waals surface area contributed by atoms with E-state index >= 15 is 0 Å². The molecule has 0 unspecified atom stereocenters. The molecule has 0 bridgehead atoms. The summed E-state index contributed by atoms with van der Waals surface area (Å²) in [6, 6.07) is 21.7. The van der Waals surface area contributed by atoms with E-state index in [0.29, 0.717) is 20.8 Å². The lowest BCUT2D eigenvalue weighted by Gasteiger charge is -2.24. The summed E-state index contributed by atoms with van der Waals surface area (Å²) in [6.45, 7) is 11.0. The van der Waals surface area contributed by atoms with Gasteiger partial charge in [0.2, 0.25) is 19.7 Å². The van der Waals surface area contributed by atoms with Crippen molar-refractivity contribution in [2.24, 2.45) is 0 Å². The number of hydrogen-bond donors (Lipinski definition) is 0. The number of benzene rings is 3. The minimum Gasteiger partial charge on any atom is -0.497 e. The molecule has 0 aliphatic rings. The molecule has 0 atom stereocenters. The smallest absolute Gasteiger partial charge is 0.410 e. The zero-order valence-corrected chi connectivity index (χ0v) is 39.7. The van der Waals surface area contributed by atoms with Gasteiger partial charge in [-0.25, -0.2) is 30.8 Å². The van der Waals surface area contributed by atoms with E-state index in [9.17, 15) is 30.8 Å². The molecule has 0 saturated carbocycles. The number of amides is 2. The molecular formula is C42H48BrFN2O10S4. The zero-order chi connectivity index (χ0) is 44.8. The second-order valence-corrected chi connectivity index (χ2v) is 22.7. The third-order valence-corrected chi connectivity index (χ3v) is 16.0. The fraction of sp³-hybridized carbons (Fsp3) is 0.333. The topological polar surface area (TPSA) is 146 Å². The van der Waals surface area contributed by atoms with E-state index < -0.39 is 48.9 Å². The van der Waals surface area contributed by atoms with Gasteiger partial charge in [0.1, 0.15) is 36.9 Å². The van der Waals surface area contributed by atoms with Gasteiger partial charge >= 0.3 is 12.2 Å². The van der Waals surface area contributed by atoms with Crippen molar-refractivity contribution in [2.75, 3.05) is 28.3 Å². The van der Waals surface area contributed by atoms with E-state index in [-0.39, 0.29) is 42.4 Å². The van der Waals surface area contributed by atoms with Crippen LogP contribution in [0.25, 0.3) is 11.1 Å². The summed E-state index contributed by atoms with van der Waals surface area (Å²) >= 11 is 5.44.